The molecule has 0 spiro atoms. The van der Waals surface area contributed by atoms with Crippen LogP contribution in [0.15, 0.2) is 47.6 Å². The summed E-state index contributed by atoms with van der Waals surface area (Å²) in [4.78, 5) is 14.4. The lowest BCUT2D eigenvalue weighted by Crippen LogP contribution is -2.22. The van der Waals surface area contributed by atoms with Crippen LogP contribution in [-0.4, -0.2) is 45.0 Å². The smallest absolute Gasteiger partial charge is 0.370 e. The monoisotopic (exact) mass is 482 g/mol. The highest BCUT2D eigenvalue weighted by Gasteiger charge is 2.32. The molecule has 32 heavy (non-hydrogen) atoms. The first-order valence-electron chi connectivity index (χ1n) is 9.74. The first-order chi connectivity index (χ1) is 15.3. The lowest BCUT2D eigenvalue weighted by molar-refractivity contribution is -0.137. The van der Waals surface area contributed by atoms with Crippen LogP contribution < -0.4 is 10.2 Å². The number of benzene rings is 2. The van der Waals surface area contributed by atoms with Crippen LogP contribution in [-0.2, 0) is 11.0 Å². The van der Waals surface area contributed by atoms with Crippen molar-refractivity contribution in [1.29, 1.82) is 0 Å². The number of alkyl halides is 3. The molecule has 1 aliphatic rings. The van der Waals surface area contributed by atoms with E-state index in [0.29, 0.717) is 40.3 Å². The Bertz CT molecular complexity index is 1100. The second-order valence-electron chi connectivity index (χ2n) is 7.11. The summed E-state index contributed by atoms with van der Waals surface area (Å²) in [5.74, 6) is -0.394. The van der Waals surface area contributed by atoms with Crippen LogP contribution >= 0.6 is 23.4 Å². The minimum Gasteiger partial charge on any atom is -0.370 e. The summed E-state index contributed by atoms with van der Waals surface area (Å²) in [6, 6.07) is 10.3. The SMILES string of the molecule is O=C(CSc1nnnn1-c1ccc(Cl)cc1)Nc1ccc(C(F)(F)F)cc1N1CCCC1. The Labute approximate surface area is 190 Å². The van der Waals surface area contributed by atoms with E-state index in [1.165, 1.54) is 10.7 Å². The van der Waals surface area contributed by atoms with Gasteiger partial charge in [0.2, 0.25) is 11.1 Å². The average molecular weight is 483 g/mol. The molecule has 7 nitrogen and oxygen atoms in total. The zero-order valence-corrected chi connectivity index (χ0v) is 18.2. The topological polar surface area (TPSA) is 75.9 Å². The van der Waals surface area contributed by atoms with Crippen molar-refractivity contribution in [2.75, 3.05) is 29.1 Å². The number of carbonyl (C=O) groups excluding carboxylic acids is 1. The van der Waals surface area contributed by atoms with Gasteiger partial charge in [-0.25, -0.2) is 0 Å². The Morgan fingerprint density at radius 3 is 2.53 bits per heavy atom. The van der Waals surface area contributed by atoms with Crippen molar-refractivity contribution in [2.45, 2.75) is 24.2 Å². The molecule has 168 valence electrons. The minimum atomic E-state index is -4.45. The van der Waals surface area contributed by atoms with Gasteiger partial charge in [0.05, 0.1) is 28.4 Å². The Hall–Kier alpha value is -2.79. The number of rotatable bonds is 6. The Morgan fingerprint density at radius 2 is 1.84 bits per heavy atom. The van der Waals surface area contributed by atoms with E-state index in [1.807, 2.05) is 4.90 Å². The molecule has 1 aromatic heterocycles. The third-order valence-corrected chi connectivity index (χ3v) is 6.06. The largest absolute Gasteiger partial charge is 0.416 e. The fourth-order valence-electron chi connectivity index (χ4n) is 3.36. The molecule has 3 aromatic rings. The molecule has 1 amide bonds. The van der Waals surface area contributed by atoms with Crippen molar-refractivity contribution >= 4 is 40.6 Å². The summed E-state index contributed by atoms with van der Waals surface area (Å²) in [6.07, 6.45) is -2.66. The maximum absolute atomic E-state index is 13.2. The van der Waals surface area contributed by atoms with Gasteiger partial charge in [-0.05, 0) is 65.7 Å². The highest BCUT2D eigenvalue weighted by molar-refractivity contribution is 7.99. The zero-order valence-electron chi connectivity index (χ0n) is 16.6. The Morgan fingerprint density at radius 1 is 1.12 bits per heavy atom. The number of halogens is 4. The Balaban J connectivity index is 1.47. The number of nitrogens with zero attached hydrogens (tertiary/aromatic N) is 5. The standard InChI is InChI=1S/C20H18ClF3N6OS/c21-14-4-6-15(7-5-14)30-19(26-27-28-30)32-12-18(31)25-16-8-3-13(20(22,23)24)11-17(16)29-9-1-2-10-29/h3-8,11H,1-2,9-10,12H2,(H,25,31). The third-order valence-electron chi connectivity index (χ3n) is 4.89. The van der Waals surface area contributed by atoms with E-state index in [4.69, 9.17) is 11.6 Å². The second-order valence-corrected chi connectivity index (χ2v) is 8.49. The molecule has 2 heterocycles. The quantitative estimate of drug-likeness (QED) is 0.515. The van der Waals surface area contributed by atoms with Crippen LogP contribution in [0.4, 0.5) is 24.5 Å². The molecular weight excluding hydrogens is 465 g/mol. The van der Waals surface area contributed by atoms with Gasteiger partial charge in [-0.3, -0.25) is 4.79 Å². The number of hydrogen-bond acceptors (Lipinski definition) is 6. The van der Waals surface area contributed by atoms with Gasteiger partial charge in [0.1, 0.15) is 0 Å². The summed E-state index contributed by atoms with van der Waals surface area (Å²) in [7, 11) is 0. The van der Waals surface area contributed by atoms with Gasteiger partial charge < -0.3 is 10.2 Å². The lowest BCUT2D eigenvalue weighted by atomic mass is 10.1. The van der Waals surface area contributed by atoms with E-state index in [1.54, 1.807) is 24.3 Å². The van der Waals surface area contributed by atoms with Gasteiger partial charge in [-0.15, -0.1) is 5.10 Å². The van der Waals surface area contributed by atoms with E-state index in [0.717, 1.165) is 36.7 Å². The number of hydrogen-bond donors (Lipinski definition) is 1. The molecule has 12 heteroatoms. The van der Waals surface area contributed by atoms with Crippen LogP contribution in [0.2, 0.25) is 5.02 Å². The van der Waals surface area contributed by atoms with E-state index >= 15 is 0 Å². The van der Waals surface area contributed by atoms with E-state index in [-0.39, 0.29) is 11.7 Å². The van der Waals surface area contributed by atoms with Gasteiger partial charge >= 0.3 is 6.18 Å². The maximum Gasteiger partial charge on any atom is 0.416 e. The summed E-state index contributed by atoms with van der Waals surface area (Å²) in [5, 5.41) is 15.2. The predicted molar refractivity (Wildman–Crippen MR) is 116 cm³/mol. The molecule has 0 atom stereocenters. The number of carbonyl (C=O) groups is 1. The van der Waals surface area contributed by atoms with Gasteiger partial charge in [-0.2, -0.15) is 17.9 Å². The first-order valence-corrected chi connectivity index (χ1v) is 11.1. The lowest BCUT2D eigenvalue weighted by Gasteiger charge is -2.23. The summed E-state index contributed by atoms with van der Waals surface area (Å²) in [6.45, 7) is 1.30. The highest BCUT2D eigenvalue weighted by Crippen LogP contribution is 2.37. The van der Waals surface area contributed by atoms with E-state index < -0.39 is 11.7 Å². The molecule has 1 saturated heterocycles. The molecule has 1 aliphatic heterocycles. The minimum absolute atomic E-state index is 0.0194. The average Bonchev–Trinajstić information content (AvgIpc) is 3.44. The molecule has 4 rings (SSSR count). The van der Waals surface area contributed by atoms with Crippen molar-refractivity contribution in [3.05, 3.63) is 53.1 Å². The molecule has 1 fully saturated rings. The van der Waals surface area contributed by atoms with Crippen LogP contribution in [0.25, 0.3) is 5.69 Å². The van der Waals surface area contributed by atoms with E-state index in [9.17, 15) is 18.0 Å². The van der Waals surface area contributed by atoms with E-state index in [2.05, 4.69) is 20.8 Å². The number of anilines is 2. The van der Waals surface area contributed by atoms with Crippen LogP contribution in [0.3, 0.4) is 0 Å². The summed E-state index contributed by atoms with van der Waals surface area (Å²) >= 11 is 7.02. The fraction of sp³-hybridized carbons (Fsp3) is 0.300. The third kappa shape index (κ3) is 5.16. The molecule has 0 bridgehead atoms. The van der Waals surface area contributed by atoms with Gasteiger partial charge in [0, 0.05) is 18.1 Å². The van der Waals surface area contributed by atoms with Gasteiger partial charge in [0.15, 0.2) is 0 Å². The number of tetrazole rings is 1. The van der Waals surface area contributed by atoms with Gasteiger partial charge in [-0.1, -0.05) is 23.4 Å². The molecule has 0 unspecified atom stereocenters. The first kappa shape index (κ1) is 22.4. The molecule has 0 aliphatic carbocycles. The molecule has 0 radical (unpaired) electrons. The maximum atomic E-state index is 13.2. The van der Waals surface area contributed by atoms with Crippen LogP contribution in [0.1, 0.15) is 18.4 Å². The number of aromatic nitrogens is 4. The number of thioether (sulfide) groups is 1. The zero-order chi connectivity index (χ0) is 22.7. The van der Waals surface area contributed by atoms with Crippen molar-refractivity contribution in [3.63, 3.8) is 0 Å². The molecule has 0 saturated carbocycles. The molecule has 1 N–H and O–H groups in total. The number of amides is 1. The normalized spacial score (nSPS) is 14.1. The Kier molecular flexibility index (Phi) is 6.56. The summed E-state index contributed by atoms with van der Waals surface area (Å²) in [5.41, 5.74) is 0.666. The summed E-state index contributed by atoms with van der Waals surface area (Å²) < 4.78 is 41.0. The van der Waals surface area contributed by atoms with Crippen molar-refractivity contribution in [2.24, 2.45) is 0 Å². The number of nitrogens with one attached hydrogen (secondary N) is 1. The second kappa shape index (κ2) is 9.37. The van der Waals surface area contributed by atoms with Crippen LogP contribution in [0.5, 0.6) is 0 Å². The molecule has 2 aromatic carbocycles. The highest BCUT2D eigenvalue weighted by atomic mass is 35.5. The van der Waals surface area contributed by atoms with Crippen molar-refractivity contribution in [1.82, 2.24) is 20.2 Å². The fourth-order valence-corrected chi connectivity index (χ4v) is 4.18. The van der Waals surface area contributed by atoms with Crippen molar-refractivity contribution in [3.8, 4) is 5.69 Å². The van der Waals surface area contributed by atoms with Crippen molar-refractivity contribution < 1.29 is 18.0 Å². The van der Waals surface area contributed by atoms with Gasteiger partial charge in [0.25, 0.3) is 0 Å². The predicted octanol–water partition coefficient (Wildman–Crippen LogP) is 4.67. The van der Waals surface area contributed by atoms with Crippen LogP contribution in [0, 0.1) is 0 Å². The molecular formula is C20H18ClF3N6OS.